The van der Waals surface area contributed by atoms with E-state index in [4.69, 9.17) is 16.2 Å². The Labute approximate surface area is 122 Å². The van der Waals surface area contributed by atoms with E-state index < -0.39 is 5.91 Å². The number of esters is 1. The molecule has 0 spiro atoms. The Bertz CT molecular complexity index is 541. The van der Waals surface area contributed by atoms with E-state index in [0.29, 0.717) is 17.7 Å². The average Bonchev–Trinajstić information content (AvgIpc) is 3.17. The molecule has 1 aromatic carbocycles. The Morgan fingerprint density at radius 1 is 1.40 bits per heavy atom. The van der Waals surface area contributed by atoms with Crippen LogP contribution < -0.4 is 11.5 Å². The highest BCUT2D eigenvalue weighted by molar-refractivity contribution is 7.99. The molecule has 1 fully saturated rings. The number of anilines is 1. The smallest absolute Gasteiger partial charge is 0.306 e. The van der Waals surface area contributed by atoms with Crippen LogP contribution in [0.2, 0.25) is 0 Å². The molecule has 108 valence electrons. The normalized spacial score (nSPS) is 15.7. The first kappa shape index (κ1) is 14.7. The Balaban J connectivity index is 1.98. The molecule has 0 aromatic heterocycles. The number of amides is 1. The predicted octanol–water partition coefficient (Wildman–Crippen LogP) is 1.80. The Morgan fingerprint density at radius 3 is 2.60 bits per heavy atom. The number of methoxy groups -OCH3 is 1. The summed E-state index contributed by atoms with van der Waals surface area (Å²) in [4.78, 5) is 23.3. The van der Waals surface area contributed by atoms with Gasteiger partial charge in [0.15, 0.2) is 0 Å². The van der Waals surface area contributed by atoms with Crippen molar-refractivity contribution in [2.24, 2.45) is 11.1 Å². The van der Waals surface area contributed by atoms with Crippen molar-refractivity contribution in [3.63, 3.8) is 0 Å². The van der Waals surface area contributed by atoms with Crippen LogP contribution >= 0.6 is 11.8 Å². The fourth-order valence-electron chi connectivity index (χ4n) is 1.99. The van der Waals surface area contributed by atoms with Gasteiger partial charge in [-0.05, 0) is 36.5 Å². The van der Waals surface area contributed by atoms with Gasteiger partial charge < -0.3 is 16.2 Å². The van der Waals surface area contributed by atoms with Crippen LogP contribution in [-0.4, -0.2) is 24.7 Å². The van der Waals surface area contributed by atoms with Crippen LogP contribution in [0.15, 0.2) is 23.1 Å². The minimum Gasteiger partial charge on any atom is -0.469 e. The monoisotopic (exact) mass is 294 g/mol. The first-order valence-electron chi connectivity index (χ1n) is 6.35. The SMILES string of the molecule is COC(=O)CC1(CSc2ccc(C(N)=O)cc2N)CC1. The highest BCUT2D eigenvalue weighted by Gasteiger charge is 2.44. The van der Waals surface area contributed by atoms with Crippen LogP contribution in [0.3, 0.4) is 0 Å². The summed E-state index contributed by atoms with van der Waals surface area (Å²) in [5.41, 5.74) is 12.1. The maximum Gasteiger partial charge on any atom is 0.306 e. The van der Waals surface area contributed by atoms with Crippen LogP contribution in [0.4, 0.5) is 5.69 Å². The molecule has 0 aliphatic heterocycles. The van der Waals surface area contributed by atoms with Crippen LogP contribution in [0, 0.1) is 5.41 Å². The third-order valence-electron chi connectivity index (χ3n) is 3.53. The van der Waals surface area contributed by atoms with Gasteiger partial charge in [0, 0.05) is 21.9 Å². The topological polar surface area (TPSA) is 95.4 Å². The number of hydrogen-bond donors (Lipinski definition) is 2. The van der Waals surface area contributed by atoms with E-state index in [0.717, 1.165) is 23.5 Å². The number of carbonyl (C=O) groups is 2. The van der Waals surface area contributed by atoms with E-state index in [1.165, 1.54) is 7.11 Å². The summed E-state index contributed by atoms with van der Waals surface area (Å²) in [5.74, 6) is 0.167. The van der Waals surface area contributed by atoms with Crippen LogP contribution in [0.5, 0.6) is 0 Å². The van der Waals surface area contributed by atoms with Gasteiger partial charge in [0.1, 0.15) is 0 Å². The molecule has 0 heterocycles. The first-order chi connectivity index (χ1) is 9.46. The van der Waals surface area contributed by atoms with Gasteiger partial charge in [-0.1, -0.05) is 0 Å². The van der Waals surface area contributed by atoms with Crippen LogP contribution in [0.25, 0.3) is 0 Å². The molecule has 5 nitrogen and oxygen atoms in total. The first-order valence-corrected chi connectivity index (χ1v) is 7.33. The summed E-state index contributed by atoms with van der Waals surface area (Å²) in [7, 11) is 1.41. The van der Waals surface area contributed by atoms with Gasteiger partial charge in [0.2, 0.25) is 5.91 Å². The van der Waals surface area contributed by atoms with Gasteiger partial charge in [0.25, 0.3) is 0 Å². The fraction of sp³-hybridized carbons (Fsp3) is 0.429. The van der Waals surface area contributed by atoms with Crippen molar-refractivity contribution in [1.29, 1.82) is 0 Å². The predicted molar refractivity (Wildman–Crippen MR) is 78.4 cm³/mol. The molecule has 1 aliphatic rings. The lowest BCUT2D eigenvalue weighted by Gasteiger charge is -2.14. The van der Waals surface area contributed by atoms with Gasteiger partial charge in [0.05, 0.1) is 13.5 Å². The summed E-state index contributed by atoms with van der Waals surface area (Å²) in [6.07, 6.45) is 2.53. The number of nitrogen functional groups attached to an aromatic ring is 1. The van der Waals surface area contributed by atoms with Gasteiger partial charge in [-0.25, -0.2) is 0 Å². The molecular weight excluding hydrogens is 276 g/mol. The summed E-state index contributed by atoms with van der Waals surface area (Å²) < 4.78 is 4.72. The molecule has 0 bridgehead atoms. The lowest BCUT2D eigenvalue weighted by Crippen LogP contribution is -2.13. The molecule has 1 saturated carbocycles. The summed E-state index contributed by atoms with van der Waals surface area (Å²) in [6, 6.07) is 5.06. The third-order valence-corrected chi connectivity index (χ3v) is 4.97. The zero-order chi connectivity index (χ0) is 14.8. The number of carbonyl (C=O) groups excluding carboxylic acids is 2. The van der Waals surface area contributed by atoms with Gasteiger partial charge in [-0.3, -0.25) is 9.59 Å². The Hall–Kier alpha value is -1.69. The van der Waals surface area contributed by atoms with Crippen molar-refractivity contribution in [2.75, 3.05) is 18.6 Å². The number of thioether (sulfide) groups is 1. The summed E-state index contributed by atoms with van der Waals surface area (Å²) >= 11 is 1.60. The van der Waals surface area contributed by atoms with E-state index in [1.807, 2.05) is 0 Å². The molecule has 0 unspecified atom stereocenters. The molecule has 2 rings (SSSR count). The minimum absolute atomic E-state index is 0.0482. The number of primary amides is 1. The molecule has 0 atom stereocenters. The summed E-state index contributed by atoms with van der Waals surface area (Å²) in [6.45, 7) is 0. The molecule has 4 N–H and O–H groups in total. The van der Waals surface area contributed by atoms with Gasteiger partial charge in [-0.2, -0.15) is 0 Å². The minimum atomic E-state index is -0.488. The highest BCUT2D eigenvalue weighted by Crippen LogP contribution is 2.52. The fourth-order valence-corrected chi connectivity index (χ4v) is 3.23. The van der Waals surface area contributed by atoms with Crippen molar-refractivity contribution < 1.29 is 14.3 Å². The second-order valence-corrected chi connectivity index (χ2v) is 6.18. The van der Waals surface area contributed by atoms with Crippen molar-refractivity contribution in [3.8, 4) is 0 Å². The maximum atomic E-state index is 11.4. The van der Waals surface area contributed by atoms with E-state index >= 15 is 0 Å². The Morgan fingerprint density at radius 2 is 2.10 bits per heavy atom. The van der Waals surface area contributed by atoms with Crippen LogP contribution in [0.1, 0.15) is 29.6 Å². The molecule has 6 heteroatoms. The molecule has 1 amide bonds. The number of hydrogen-bond acceptors (Lipinski definition) is 5. The van der Waals surface area contributed by atoms with Gasteiger partial charge in [-0.15, -0.1) is 11.8 Å². The molecule has 1 aromatic rings. The molecule has 0 saturated heterocycles. The lowest BCUT2D eigenvalue weighted by molar-refractivity contribution is -0.141. The second-order valence-electron chi connectivity index (χ2n) is 5.16. The largest absolute Gasteiger partial charge is 0.469 e. The standard InChI is InChI=1S/C14H18N2O3S/c1-19-12(17)7-14(4-5-14)8-20-11-3-2-9(13(16)18)6-10(11)15/h2-3,6H,4-5,7-8,15H2,1H3,(H2,16,18). The number of rotatable bonds is 6. The van der Waals surface area contributed by atoms with Gasteiger partial charge >= 0.3 is 5.97 Å². The average molecular weight is 294 g/mol. The molecule has 20 heavy (non-hydrogen) atoms. The molecule has 0 radical (unpaired) electrons. The Kier molecular flexibility index (Phi) is 4.23. The van der Waals surface area contributed by atoms with E-state index in [9.17, 15) is 9.59 Å². The van der Waals surface area contributed by atoms with E-state index in [1.54, 1.807) is 30.0 Å². The highest BCUT2D eigenvalue weighted by atomic mass is 32.2. The van der Waals surface area contributed by atoms with E-state index in [-0.39, 0.29) is 11.4 Å². The number of benzene rings is 1. The van der Waals surface area contributed by atoms with Crippen molar-refractivity contribution in [1.82, 2.24) is 0 Å². The zero-order valence-corrected chi connectivity index (χ0v) is 12.2. The van der Waals surface area contributed by atoms with Crippen LogP contribution in [-0.2, 0) is 9.53 Å². The number of nitrogens with two attached hydrogens (primary N) is 2. The van der Waals surface area contributed by atoms with E-state index in [2.05, 4.69) is 0 Å². The quantitative estimate of drug-likeness (QED) is 0.474. The maximum absolute atomic E-state index is 11.4. The summed E-state index contributed by atoms with van der Waals surface area (Å²) in [5, 5.41) is 0. The molecular formula is C14H18N2O3S. The third kappa shape index (κ3) is 3.45. The van der Waals surface area contributed by atoms with Crippen molar-refractivity contribution in [3.05, 3.63) is 23.8 Å². The van der Waals surface area contributed by atoms with Crippen molar-refractivity contribution in [2.45, 2.75) is 24.2 Å². The second kappa shape index (κ2) is 5.75. The zero-order valence-electron chi connectivity index (χ0n) is 11.3. The van der Waals surface area contributed by atoms with Crippen molar-refractivity contribution >= 4 is 29.3 Å². The molecule has 1 aliphatic carbocycles. The lowest BCUT2D eigenvalue weighted by atomic mass is 10.1. The number of ether oxygens (including phenoxy) is 1.